The Labute approximate surface area is 132 Å². The third-order valence-electron chi connectivity index (χ3n) is 2.84. The van der Waals surface area contributed by atoms with Crippen molar-refractivity contribution < 1.29 is 13.2 Å². The van der Waals surface area contributed by atoms with Gasteiger partial charge in [-0.15, -0.1) is 0 Å². The number of hydrogen-bond donors (Lipinski definition) is 0. The molecular weight excluding hydrogens is 354 g/mol. The first kappa shape index (κ1) is 15.7. The minimum absolute atomic E-state index is 0.165. The van der Waals surface area contributed by atoms with Gasteiger partial charge in [-0.3, -0.25) is 0 Å². The average molecular weight is 368 g/mol. The molecule has 0 amide bonds. The van der Waals surface area contributed by atoms with Crippen LogP contribution in [0.1, 0.15) is 11.1 Å². The van der Waals surface area contributed by atoms with Gasteiger partial charge in [0.25, 0.3) is 10.0 Å². The summed E-state index contributed by atoms with van der Waals surface area (Å²) < 4.78 is 34.0. The number of nitrogens with zero attached hydrogens (tertiary/aromatic N) is 1. The quantitative estimate of drug-likeness (QED) is 0.776. The van der Waals surface area contributed by atoms with E-state index in [-0.39, 0.29) is 4.90 Å². The molecule has 21 heavy (non-hydrogen) atoms. The van der Waals surface area contributed by atoms with Crippen LogP contribution in [0.15, 0.2) is 56.2 Å². The number of hydrogen-bond acceptors (Lipinski definition) is 3. The van der Waals surface area contributed by atoms with E-state index in [2.05, 4.69) is 20.3 Å². The first-order valence-electron chi connectivity index (χ1n) is 6.13. The predicted molar refractivity (Wildman–Crippen MR) is 86.7 cm³/mol. The number of halogens is 1. The van der Waals surface area contributed by atoms with Crippen LogP contribution in [0.5, 0.6) is 5.75 Å². The maximum absolute atomic E-state index is 12.2. The van der Waals surface area contributed by atoms with Crippen molar-refractivity contribution >= 4 is 32.2 Å². The molecule has 2 aromatic carbocycles. The Morgan fingerprint density at radius 2 is 1.81 bits per heavy atom. The fraction of sp³-hybridized carbons (Fsp3) is 0.133. The van der Waals surface area contributed by atoms with Crippen LogP contribution in [0.4, 0.5) is 0 Å². The summed E-state index contributed by atoms with van der Waals surface area (Å²) in [6.07, 6.45) is 1.29. The van der Waals surface area contributed by atoms with E-state index >= 15 is 0 Å². The topological polar surface area (TPSA) is 55.7 Å². The molecule has 0 aliphatic rings. The lowest BCUT2D eigenvalue weighted by Crippen LogP contribution is -1.99. The summed E-state index contributed by atoms with van der Waals surface area (Å²) in [4.78, 5) is 0.165. The lowest BCUT2D eigenvalue weighted by Gasteiger charge is -2.04. The Kier molecular flexibility index (Phi) is 4.80. The third kappa shape index (κ3) is 3.92. The molecule has 0 saturated heterocycles. The van der Waals surface area contributed by atoms with E-state index < -0.39 is 10.0 Å². The van der Waals surface area contributed by atoms with Crippen molar-refractivity contribution in [3.63, 3.8) is 0 Å². The molecule has 0 bridgehead atoms. The van der Waals surface area contributed by atoms with Gasteiger partial charge in [-0.05, 0) is 37.3 Å². The van der Waals surface area contributed by atoms with Gasteiger partial charge in [-0.1, -0.05) is 33.6 Å². The molecular formula is C15H14BrNO3S. The van der Waals surface area contributed by atoms with E-state index in [1.807, 2.05) is 13.0 Å². The molecule has 110 valence electrons. The monoisotopic (exact) mass is 367 g/mol. The van der Waals surface area contributed by atoms with E-state index in [1.54, 1.807) is 36.4 Å². The highest BCUT2D eigenvalue weighted by Crippen LogP contribution is 2.22. The first-order chi connectivity index (χ1) is 9.92. The number of ether oxygens (including phenoxy) is 1. The lowest BCUT2D eigenvalue weighted by molar-refractivity contribution is 0.414. The zero-order chi connectivity index (χ0) is 15.5. The highest BCUT2D eigenvalue weighted by atomic mass is 79.9. The largest absolute Gasteiger partial charge is 0.496 e. The Bertz CT molecular complexity index is 768. The van der Waals surface area contributed by atoms with Crippen LogP contribution in [0.2, 0.25) is 0 Å². The number of methoxy groups -OCH3 is 1. The summed E-state index contributed by atoms with van der Waals surface area (Å²) in [5.74, 6) is 0.557. The lowest BCUT2D eigenvalue weighted by atomic mass is 10.2. The van der Waals surface area contributed by atoms with Crippen LogP contribution in [-0.2, 0) is 10.0 Å². The standard InChI is InChI=1S/C15H14BrNO3S/c1-11-3-6-14(7-4-11)21(18,19)17-10-12-9-13(16)5-8-15(12)20-2/h3-10H,1-2H3/b17-10-. The van der Waals surface area contributed by atoms with Gasteiger partial charge in [0.05, 0.1) is 18.2 Å². The Hall–Kier alpha value is -1.66. The molecule has 0 aliphatic carbocycles. The summed E-state index contributed by atoms with van der Waals surface area (Å²) in [5.41, 5.74) is 1.58. The molecule has 0 N–H and O–H groups in total. The molecule has 0 unspecified atom stereocenters. The molecule has 0 heterocycles. The summed E-state index contributed by atoms with van der Waals surface area (Å²) in [5, 5.41) is 0. The van der Waals surface area contributed by atoms with Crippen LogP contribution in [-0.4, -0.2) is 21.7 Å². The fourth-order valence-electron chi connectivity index (χ4n) is 1.70. The first-order valence-corrected chi connectivity index (χ1v) is 8.36. The summed E-state index contributed by atoms with van der Waals surface area (Å²) in [7, 11) is -2.19. The molecule has 0 saturated carbocycles. The van der Waals surface area contributed by atoms with Crippen molar-refractivity contribution in [2.24, 2.45) is 4.40 Å². The Balaban J connectivity index is 2.36. The van der Waals surface area contributed by atoms with Crippen LogP contribution >= 0.6 is 15.9 Å². The second-order valence-electron chi connectivity index (χ2n) is 4.41. The van der Waals surface area contributed by atoms with Gasteiger partial charge in [0.15, 0.2) is 0 Å². The minimum atomic E-state index is -3.71. The predicted octanol–water partition coefficient (Wildman–Crippen LogP) is 3.57. The zero-order valence-electron chi connectivity index (χ0n) is 11.6. The Morgan fingerprint density at radius 3 is 2.43 bits per heavy atom. The number of sulfonamides is 1. The molecule has 2 rings (SSSR count). The van der Waals surface area contributed by atoms with Gasteiger partial charge in [-0.2, -0.15) is 12.8 Å². The average Bonchev–Trinajstić information content (AvgIpc) is 2.46. The normalized spacial score (nSPS) is 11.8. The summed E-state index contributed by atoms with van der Waals surface area (Å²) >= 11 is 3.33. The molecule has 0 fully saturated rings. The smallest absolute Gasteiger partial charge is 0.282 e. The van der Waals surface area contributed by atoms with Gasteiger partial charge >= 0.3 is 0 Å². The number of benzene rings is 2. The SMILES string of the molecule is COc1ccc(Br)cc1/C=N\S(=O)(=O)c1ccc(C)cc1. The number of aryl methyl sites for hydroxylation is 1. The highest BCUT2D eigenvalue weighted by molar-refractivity contribution is 9.10. The molecule has 4 nitrogen and oxygen atoms in total. The van der Waals surface area contributed by atoms with Gasteiger partial charge < -0.3 is 4.74 Å². The van der Waals surface area contributed by atoms with E-state index in [0.29, 0.717) is 11.3 Å². The molecule has 0 spiro atoms. The van der Waals surface area contributed by atoms with Crippen molar-refractivity contribution in [3.8, 4) is 5.75 Å². The van der Waals surface area contributed by atoms with E-state index in [0.717, 1.165) is 10.0 Å². The van der Waals surface area contributed by atoms with Gasteiger partial charge in [-0.25, -0.2) is 0 Å². The molecule has 0 aliphatic heterocycles. The van der Waals surface area contributed by atoms with Crippen molar-refractivity contribution in [2.75, 3.05) is 7.11 Å². The van der Waals surface area contributed by atoms with Crippen molar-refractivity contribution in [3.05, 3.63) is 58.1 Å². The minimum Gasteiger partial charge on any atom is -0.496 e. The molecule has 0 atom stereocenters. The summed E-state index contributed by atoms with van der Waals surface area (Å²) in [6.45, 7) is 1.89. The molecule has 0 aromatic heterocycles. The second kappa shape index (κ2) is 6.41. The Morgan fingerprint density at radius 1 is 1.14 bits per heavy atom. The van der Waals surface area contributed by atoms with E-state index in [9.17, 15) is 8.42 Å². The van der Waals surface area contributed by atoms with Crippen LogP contribution in [0, 0.1) is 6.92 Å². The van der Waals surface area contributed by atoms with Gasteiger partial charge in [0.2, 0.25) is 0 Å². The van der Waals surface area contributed by atoms with Crippen LogP contribution in [0.25, 0.3) is 0 Å². The molecule has 0 radical (unpaired) electrons. The van der Waals surface area contributed by atoms with Crippen molar-refractivity contribution in [1.29, 1.82) is 0 Å². The molecule has 2 aromatic rings. The summed E-state index contributed by atoms with van der Waals surface area (Å²) in [6, 6.07) is 11.9. The van der Waals surface area contributed by atoms with Crippen molar-refractivity contribution in [1.82, 2.24) is 0 Å². The maximum atomic E-state index is 12.2. The van der Waals surface area contributed by atoms with E-state index in [1.165, 1.54) is 13.3 Å². The maximum Gasteiger partial charge on any atom is 0.282 e. The third-order valence-corrected chi connectivity index (χ3v) is 4.59. The van der Waals surface area contributed by atoms with Gasteiger partial charge in [0.1, 0.15) is 5.75 Å². The van der Waals surface area contributed by atoms with E-state index in [4.69, 9.17) is 4.74 Å². The second-order valence-corrected chi connectivity index (χ2v) is 6.96. The highest BCUT2D eigenvalue weighted by Gasteiger charge is 2.11. The fourth-order valence-corrected chi connectivity index (χ4v) is 2.94. The van der Waals surface area contributed by atoms with Crippen LogP contribution < -0.4 is 4.74 Å². The zero-order valence-corrected chi connectivity index (χ0v) is 14.0. The van der Waals surface area contributed by atoms with Crippen molar-refractivity contribution in [2.45, 2.75) is 11.8 Å². The van der Waals surface area contributed by atoms with Crippen LogP contribution in [0.3, 0.4) is 0 Å². The number of rotatable bonds is 4. The molecule has 6 heteroatoms. The van der Waals surface area contributed by atoms with Gasteiger partial charge in [0, 0.05) is 10.0 Å².